The maximum Gasteiger partial charge on any atom is 0.419 e. The molecule has 0 aliphatic carbocycles. The summed E-state index contributed by atoms with van der Waals surface area (Å²) >= 11 is 0. The second-order valence-corrected chi connectivity index (χ2v) is 4.12. The molecule has 21 heavy (non-hydrogen) atoms. The van der Waals surface area contributed by atoms with Crippen LogP contribution in [-0.4, -0.2) is 25.8 Å². The molecule has 4 nitrogen and oxygen atoms in total. The monoisotopic (exact) mass is 308 g/mol. The third-order valence-electron chi connectivity index (χ3n) is 2.48. The largest absolute Gasteiger partial charge is 0.419 e. The second kappa shape index (κ2) is 7.82. The van der Waals surface area contributed by atoms with E-state index in [1.165, 1.54) is 0 Å². The molecule has 0 aliphatic rings. The van der Waals surface area contributed by atoms with E-state index in [4.69, 9.17) is 4.74 Å². The van der Waals surface area contributed by atoms with Crippen LogP contribution >= 0.6 is 0 Å². The van der Waals surface area contributed by atoms with Crippen LogP contribution in [0.25, 0.3) is 0 Å². The van der Waals surface area contributed by atoms with Crippen LogP contribution in [-0.2, 0) is 10.9 Å². The highest BCUT2D eigenvalue weighted by Crippen LogP contribution is 2.32. The summed E-state index contributed by atoms with van der Waals surface area (Å²) in [7, 11) is 0. The summed E-state index contributed by atoms with van der Waals surface area (Å²) in [6.07, 6.45) is -4.23. The van der Waals surface area contributed by atoms with E-state index in [1.54, 1.807) is 0 Å². The first-order valence-corrected chi connectivity index (χ1v) is 6.34. The number of alkyl halides is 3. The molecule has 0 saturated heterocycles. The first-order valence-electron chi connectivity index (χ1n) is 6.34. The lowest BCUT2D eigenvalue weighted by molar-refractivity contribution is -0.139. The van der Waals surface area contributed by atoms with Crippen molar-refractivity contribution in [2.45, 2.75) is 19.5 Å². The molecule has 0 fully saturated rings. The highest BCUT2D eigenvalue weighted by molar-refractivity contribution is 5.89. The predicted molar refractivity (Wildman–Crippen MR) is 69.5 cm³/mol. The average Bonchev–Trinajstić information content (AvgIpc) is 2.39. The van der Waals surface area contributed by atoms with Gasteiger partial charge in [0.2, 0.25) is 0 Å². The molecule has 2 amide bonds. The van der Waals surface area contributed by atoms with Crippen molar-refractivity contribution < 1.29 is 27.1 Å². The van der Waals surface area contributed by atoms with Gasteiger partial charge < -0.3 is 15.4 Å². The summed E-state index contributed by atoms with van der Waals surface area (Å²) in [5, 5.41) is 4.67. The van der Waals surface area contributed by atoms with Gasteiger partial charge in [-0.3, -0.25) is 0 Å². The van der Waals surface area contributed by atoms with Crippen LogP contribution in [0.15, 0.2) is 18.2 Å². The summed E-state index contributed by atoms with van der Waals surface area (Å²) in [6, 6.07) is 1.61. The van der Waals surface area contributed by atoms with E-state index in [0.717, 1.165) is 6.07 Å². The van der Waals surface area contributed by atoms with Gasteiger partial charge in [0.25, 0.3) is 0 Å². The van der Waals surface area contributed by atoms with Gasteiger partial charge in [-0.05, 0) is 31.5 Å². The zero-order valence-electron chi connectivity index (χ0n) is 11.4. The van der Waals surface area contributed by atoms with E-state index >= 15 is 0 Å². The van der Waals surface area contributed by atoms with Crippen molar-refractivity contribution in [2.75, 3.05) is 25.1 Å². The lowest BCUT2D eigenvalue weighted by atomic mass is 10.2. The fraction of sp³-hybridized carbons (Fsp3) is 0.462. The Labute approximate surface area is 119 Å². The summed E-state index contributed by atoms with van der Waals surface area (Å²) in [4.78, 5) is 11.5. The highest BCUT2D eigenvalue weighted by Gasteiger charge is 2.34. The van der Waals surface area contributed by atoms with Gasteiger partial charge in [-0.25, -0.2) is 9.18 Å². The number of carbonyl (C=O) groups is 1. The number of nitrogens with one attached hydrogen (secondary N) is 2. The predicted octanol–water partition coefficient (Wildman–Crippen LogP) is 3.39. The summed E-state index contributed by atoms with van der Waals surface area (Å²) < 4.78 is 55.6. The molecule has 1 aromatic carbocycles. The lowest BCUT2D eigenvalue weighted by Gasteiger charge is -2.11. The van der Waals surface area contributed by atoms with Gasteiger partial charge in [-0.2, -0.15) is 13.2 Å². The van der Waals surface area contributed by atoms with Crippen LogP contribution in [0.2, 0.25) is 0 Å². The molecule has 118 valence electrons. The van der Waals surface area contributed by atoms with E-state index in [2.05, 4.69) is 10.6 Å². The molecule has 0 radical (unpaired) electrons. The van der Waals surface area contributed by atoms with Crippen LogP contribution < -0.4 is 10.6 Å². The van der Waals surface area contributed by atoms with Crippen molar-refractivity contribution in [2.24, 2.45) is 0 Å². The Hall–Kier alpha value is -1.83. The van der Waals surface area contributed by atoms with Crippen molar-refractivity contribution in [3.63, 3.8) is 0 Å². The summed E-state index contributed by atoms with van der Waals surface area (Å²) in [6.45, 7) is 3.21. The first kappa shape index (κ1) is 17.2. The van der Waals surface area contributed by atoms with E-state index in [-0.39, 0.29) is 5.69 Å². The quantitative estimate of drug-likeness (QED) is 0.625. The standard InChI is InChI=1S/C13H16F4N2O2/c1-2-21-7-3-6-18-12(20)19-9-4-5-11(14)10(8-9)13(15,16)17/h4-5,8H,2-3,6-7H2,1H3,(H2,18,19,20). The summed E-state index contributed by atoms with van der Waals surface area (Å²) in [5.41, 5.74) is -1.55. The van der Waals surface area contributed by atoms with Gasteiger partial charge in [-0.15, -0.1) is 0 Å². The van der Waals surface area contributed by atoms with Crippen LogP contribution in [0.4, 0.5) is 28.0 Å². The van der Waals surface area contributed by atoms with E-state index in [1.807, 2.05) is 6.92 Å². The van der Waals surface area contributed by atoms with Gasteiger partial charge in [-0.1, -0.05) is 0 Å². The Bertz CT molecular complexity index is 478. The van der Waals surface area contributed by atoms with E-state index in [0.29, 0.717) is 38.3 Å². The molecular weight excluding hydrogens is 292 g/mol. The molecule has 1 aromatic rings. The summed E-state index contributed by atoms with van der Waals surface area (Å²) in [5.74, 6) is -1.38. The molecule has 0 unspecified atom stereocenters. The average molecular weight is 308 g/mol. The van der Waals surface area contributed by atoms with Gasteiger partial charge in [0.05, 0.1) is 5.56 Å². The molecule has 0 atom stereocenters. The minimum Gasteiger partial charge on any atom is -0.382 e. The molecule has 0 aliphatic heterocycles. The molecule has 0 bridgehead atoms. The Morgan fingerprint density at radius 2 is 2.05 bits per heavy atom. The minimum absolute atomic E-state index is 0.133. The number of halogens is 4. The third kappa shape index (κ3) is 5.99. The molecule has 1 rings (SSSR count). The molecule has 2 N–H and O–H groups in total. The molecular formula is C13H16F4N2O2. The molecule has 0 heterocycles. The fourth-order valence-electron chi connectivity index (χ4n) is 1.52. The number of benzene rings is 1. The van der Waals surface area contributed by atoms with Crippen LogP contribution in [0.3, 0.4) is 0 Å². The normalized spacial score (nSPS) is 11.3. The van der Waals surface area contributed by atoms with Crippen molar-refractivity contribution in [3.05, 3.63) is 29.6 Å². The number of carbonyl (C=O) groups excluding carboxylic acids is 1. The zero-order chi connectivity index (χ0) is 15.9. The minimum atomic E-state index is -4.81. The van der Waals surface area contributed by atoms with Crippen LogP contribution in [0.5, 0.6) is 0 Å². The van der Waals surface area contributed by atoms with E-state index < -0.39 is 23.6 Å². The van der Waals surface area contributed by atoms with Gasteiger partial charge in [0, 0.05) is 25.4 Å². The van der Waals surface area contributed by atoms with Gasteiger partial charge in [0.15, 0.2) is 0 Å². The topological polar surface area (TPSA) is 50.4 Å². The maximum atomic E-state index is 13.1. The number of anilines is 1. The lowest BCUT2D eigenvalue weighted by Crippen LogP contribution is -2.30. The van der Waals surface area contributed by atoms with Gasteiger partial charge >= 0.3 is 12.2 Å². The molecule has 0 spiro atoms. The second-order valence-electron chi connectivity index (χ2n) is 4.12. The Kier molecular flexibility index (Phi) is 6.41. The zero-order valence-corrected chi connectivity index (χ0v) is 11.4. The Balaban J connectivity index is 2.53. The molecule has 0 aromatic heterocycles. The number of amides is 2. The number of urea groups is 1. The number of hydrogen-bond donors (Lipinski definition) is 2. The molecule has 0 saturated carbocycles. The van der Waals surface area contributed by atoms with Crippen molar-refractivity contribution in [1.82, 2.24) is 5.32 Å². The first-order chi connectivity index (χ1) is 9.84. The number of hydrogen-bond acceptors (Lipinski definition) is 2. The SMILES string of the molecule is CCOCCCNC(=O)Nc1ccc(F)c(C(F)(F)F)c1. The fourth-order valence-corrected chi connectivity index (χ4v) is 1.52. The third-order valence-corrected chi connectivity index (χ3v) is 2.48. The number of rotatable bonds is 6. The Morgan fingerprint density at radius 1 is 1.33 bits per heavy atom. The van der Waals surface area contributed by atoms with Crippen molar-refractivity contribution in [1.29, 1.82) is 0 Å². The van der Waals surface area contributed by atoms with Crippen molar-refractivity contribution >= 4 is 11.7 Å². The Morgan fingerprint density at radius 3 is 2.67 bits per heavy atom. The van der Waals surface area contributed by atoms with Crippen LogP contribution in [0.1, 0.15) is 18.9 Å². The highest BCUT2D eigenvalue weighted by atomic mass is 19.4. The number of ether oxygens (including phenoxy) is 1. The molecule has 8 heteroatoms. The van der Waals surface area contributed by atoms with Crippen molar-refractivity contribution in [3.8, 4) is 0 Å². The van der Waals surface area contributed by atoms with Crippen LogP contribution in [0, 0.1) is 5.82 Å². The maximum absolute atomic E-state index is 13.1. The van der Waals surface area contributed by atoms with E-state index in [9.17, 15) is 22.4 Å². The smallest absolute Gasteiger partial charge is 0.382 e. The van der Waals surface area contributed by atoms with Gasteiger partial charge in [0.1, 0.15) is 5.82 Å².